The Morgan fingerprint density at radius 2 is 1.56 bits per heavy atom. The van der Waals surface area contributed by atoms with Crippen LogP contribution < -0.4 is 0 Å². The van der Waals surface area contributed by atoms with Crippen LogP contribution in [0.5, 0.6) is 0 Å². The third-order valence-corrected chi connectivity index (χ3v) is 1.83. The molecule has 0 atom stereocenters. The van der Waals surface area contributed by atoms with Crippen molar-refractivity contribution < 1.29 is 19.1 Å². The first-order valence-corrected chi connectivity index (χ1v) is 6.30. The molecule has 0 saturated heterocycles. The molecule has 7 heteroatoms. The van der Waals surface area contributed by atoms with Crippen molar-refractivity contribution in [2.75, 3.05) is 13.7 Å². The fourth-order valence-electron chi connectivity index (χ4n) is 0.360. The molecule has 4 nitrogen and oxygen atoms in total. The molecule has 0 saturated carbocycles. The molecule has 0 fully saturated rings. The smallest absolute Gasteiger partial charge is 0.302 e. The maximum atomic E-state index is 10.1. The summed E-state index contributed by atoms with van der Waals surface area (Å²) in [6, 6.07) is 0. The number of esters is 2. The van der Waals surface area contributed by atoms with Crippen molar-refractivity contribution in [3.63, 3.8) is 0 Å². The summed E-state index contributed by atoms with van der Waals surface area (Å²) in [6.45, 7) is 5.42. The number of hydrogen-bond acceptors (Lipinski definition) is 4. The number of halogens is 3. The van der Waals surface area contributed by atoms with Crippen LogP contribution in [0.25, 0.3) is 0 Å². The zero-order chi connectivity index (χ0) is 15.0. The molecular weight excluding hydrogens is 302 g/mol. The third kappa shape index (κ3) is 45.0. The highest BCUT2D eigenvalue weighted by atomic mass is 35.5. The van der Waals surface area contributed by atoms with Gasteiger partial charge >= 0.3 is 11.9 Å². The molecule has 0 aliphatic rings. The molecule has 18 heavy (non-hydrogen) atoms. The lowest BCUT2D eigenvalue weighted by Gasteiger charge is -1.96. The van der Waals surface area contributed by atoms with Crippen LogP contribution in [-0.4, -0.2) is 25.7 Å². The van der Waals surface area contributed by atoms with E-state index in [4.69, 9.17) is 34.8 Å². The van der Waals surface area contributed by atoms with Gasteiger partial charge in [-0.15, -0.1) is 0 Å². The van der Waals surface area contributed by atoms with Gasteiger partial charge in [-0.05, 0) is 6.42 Å². The Labute approximate surface area is 123 Å². The second kappa shape index (κ2) is 18.9. The van der Waals surface area contributed by atoms with Crippen LogP contribution in [0.15, 0.2) is 10.0 Å². The zero-order valence-electron chi connectivity index (χ0n) is 11.0. The number of methoxy groups -OCH3 is 1. The van der Waals surface area contributed by atoms with Gasteiger partial charge in [-0.3, -0.25) is 9.59 Å². The summed E-state index contributed by atoms with van der Waals surface area (Å²) in [5.74, 6) is -0.427. The van der Waals surface area contributed by atoms with Gasteiger partial charge in [-0.1, -0.05) is 48.1 Å². The van der Waals surface area contributed by atoms with Crippen LogP contribution in [0.4, 0.5) is 0 Å². The summed E-state index contributed by atoms with van der Waals surface area (Å²) >= 11 is 14.8. The van der Waals surface area contributed by atoms with Gasteiger partial charge in [0.1, 0.15) is 4.49 Å². The van der Waals surface area contributed by atoms with E-state index in [0.717, 1.165) is 18.4 Å². The lowest BCUT2D eigenvalue weighted by molar-refractivity contribution is -0.141. The van der Waals surface area contributed by atoms with Crippen molar-refractivity contribution >= 4 is 46.7 Å². The molecule has 0 N–H and O–H groups in total. The van der Waals surface area contributed by atoms with Gasteiger partial charge in [-0.2, -0.15) is 0 Å². The number of ether oxygens (including phenoxy) is 2. The van der Waals surface area contributed by atoms with Crippen LogP contribution >= 0.6 is 34.8 Å². The third-order valence-electron chi connectivity index (χ3n) is 1.17. The van der Waals surface area contributed by atoms with Crippen LogP contribution in [0.1, 0.15) is 33.6 Å². The summed E-state index contributed by atoms with van der Waals surface area (Å²) in [7, 11) is 1.35. The second-order valence-electron chi connectivity index (χ2n) is 2.79. The van der Waals surface area contributed by atoms with Gasteiger partial charge < -0.3 is 9.47 Å². The Bertz CT molecular complexity index is 238. The van der Waals surface area contributed by atoms with E-state index < -0.39 is 0 Å². The first-order valence-electron chi connectivity index (χ1n) is 5.11. The number of hydrogen-bond donors (Lipinski definition) is 0. The molecule has 0 amide bonds. The quantitative estimate of drug-likeness (QED) is 0.581. The Morgan fingerprint density at radius 1 is 1.17 bits per heavy atom. The van der Waals surface area contributed by atoms with Gasteiger partial charge in [0.15, 0.2) is 0 Å². The maximum absolute atomic E-state index is 10.1. The number of carbonyl (C=O) groups is 2. The van der Waals surface area contributed by atoms with Crippen molar-refractivity contribution in [1.29, 1.82) is 0 Å². The Hall–Kier alpha value is -0.450. The van der Waals surface area contributed by atoms with Crippen LogP contribution in [0.3, 0.4) is 0 Å². The molecule has 0 aromatic heterocycles. The van der Waals surface area contributed by atoms with Crippen molar-refractivity contribution in [1.82, 2.24) is 0 Å². The predicted octanol–water partition coefficient (Wildman–Crippen LogP) is 4.03. The van der Waals surface area contributed by atoms with Crippen LogP contribution in [0.2, 0.25) is 0 Å². The topological polar surface area (TPSA) is 52.6 Å². The standard InChI is InChI=1S/C6H12O2.C3H6O2.C2HCl3/c1-3-4-5-8-6(2)7;1-3(4)5-2;3-1-2(4)5/h3-5H2,1-2H3;1-2H3;1H. The van der Waals surface area contributed by atoms with Crippen molar-refractivity contribution in [3.05, 3.63) is 10.0 Å². The molecular formula is C11H19Cl3O4. The SMILES string of the molecule is CCCCOC(C)=O.COC(C)=O.ClC=C(Cl)Cl. The monoisotopic (exact) mass is 320 g/mol. The number of carbonyl (C=O) groups excluding carboxylic acids is 2. The molecule has 0 aromatic carbocycles. The highest BCUT2D eigenvalue weighted by Gasteiger charge is 1.88. The lowest BCUT2D eigenvalue weighted by Crippen LogP contribution is -1.99. The summed E-state index contributed by atoms with van der Waals surface area (Å²) < 4.78 is 8.84. The summed E-state index contributed by atoms with van der Waals surface area (Å²) in [6.07, 6.45) is 2.05. The normalized spacial score (nSPS) is 7.72. The maximum Gasteiger partial charge on any atom is 0.302 e. The second-order valence-corrected chi connectivity index (χ2v) is 4.01. The van der Waals surface area contributed by atoms with E-state index in [0.29, 0.717) is 6.61 Å². The van der Waals surface area contributed by atoms with Crippen LogP contribution in [0, 0.1) is 0 Å². The lowest BCUT2D eigenvalue weighted by atomic mass is 10.4. The fraction of sp³-hybridized carbons (Fsp3) is 0.636. The van der Waals surface area contributed by atoms with E-state index in [1.807, 2.05) is 0 Å². The summed E-state index contributed by atoms with van der Waals surface area (Å²) in [4.78, 5) is 19.7. The molecule has 0 bridgehead atoms. The molecule has 0 aliphatic carbocycles. The van der Waals surface area contributed by atoms with Crippen LogP contribution in [-0.2, 0) is 19.1 Å². The van der Waals surface area contributed by atoms with Gasteiger partial charge in [0, 0.05) is 19.4 Å². The predicted molar refractivity (Wildman–Crippen MR) is 74.9 cm³/mol. The van der Waals surface area contributed by atoms with E-state index in [9.17, 15) is 9.59 Å². The minimum Gasteiger partial charge on any atom is -0.469 e. The fourth-order valence-corrected chi connectivity index (χ4v) is 0.360. The van der Waals surface area contributed by atoms with E-state index >= 15 is 0 Å². The minimum atomic E-state index is -0.245. The van der Waals surface area contributed by atoms with Crippen molar-refractivity contribution in [2.24, 2.45) is 0 Å². The van der Waals surface area contributed by atoms with Gasteiger partial charge in [0.25, 0.3) is 0 Å². The molecule has 0 heterocycles. The molecule has 0 unspecified atom stereocenters. The highest BCUT2D eigenvalue weighted by molar-refractivity contribution is 6.58. The van der Waals surface area contributed by atoms with Gasteiger partial charge in [-0.25, -0.2) is 0 Å². The molecule has 0 aromatic rings. The zero-order valence-corrected chi connectivity index (χ0v) is 13.2. The first kappa shape index (κ1) is 22.7. The number of rotatable bonds is 3. The van der Waals surface area contributed by atoms with Crippen molar-refractivity contribution in [2.45, 2.75) is 33.6 Å². The highest BCUT2D eigenvalue weighted by Crippen LogP contribution is 2.05. The Kier molecular flexibility index (Phi) is 23.8. The van der Waals surface area contributed by atoms with E-state index in [2.05, 4.69) is 16.4 Å². The molecule has 108 valence electrons. The average Bonchev–Trinajstić information content (AvgIpc) is 2.30. The first-order chi connectivity index (χ1) is 8.31. The number of unbranched alkanes of at least 4 members (excludes halogenated alkanes) is 1. The average molecular weight is 322 g/mol. The summed E-state index contributed by atoms with van der Waals surface area (Å²) in [5.41, 5.74) is 1.09. The summed E-state index contributed by atoms with van der Waals surface area (Å²) in [5, 5.41) is 0. The Balaban J connectivity index is -0.000000197. The molecule has 0 aliphatic heterocycles. The van der Waals surface area contributed by atoms with E-state index in [1.165, 1.54) is 21.0 Å². The minimum absolute atomic E-state index is 0.0895. The van der Waals surface area contributed by atoms with Gasteiger partial charge in [0.2, 0.25) is 0 Å². The van der Waals surface area contributed by atoms with E-state index in [-0.39, 0.29) is 16.4 Å². The van der Waals surface area contributed by atoms with E-state index in [1.54, 1.807) is 0 Å². The molecule has 0 spiro atoms. The molecule has 0 radical (unpaired) electrons. The van der Waals surface area contributed by atoms with Crippen molar-refractivity contribution in [3.8, 4) is 0 Å². The Morgan fingerprint density at radius 3 is 1.72 bits per heavy atom. The molecule has 0 rings (SSSR count). The largest absolute Gasteiger partial charge is 0.469 e. The van der Waals surface area contributed by atoms with Gasteiger partial charge in [0.05, 0.1) is 13.7 Å².